The Balaban J connectivity index is 1.78. The second kappa shape index (κ2) is 6.71. The number of nitrogens with one attached hydrogen (secondary N) is 2. The predicted octanol–water partition coefficient (Wildman–Crippen LogP) is 0.543. The first-order valence-electron chi connectivity index (χ1n) is 6.93. The highest BCUT2D eigenvalue weighted by atomic mass is 32.2. The molecule has 0 unspecified atom stereocenters. The van der Waals surface area contributed by atoms with Crippen LogP contribution in [0.15, 0.2) is 18.5 Å². The van der Waals surface area contributed by atoms with Crippen LogP contribution >= 0.6 is 0 Å². The molecule has 1 aromatic rings. The molecule has 0 saturated carbocycles. The van der Waals surface area contributed by atoms with E-state index in [1.807, 2.05) is 32.3 Å². The molecular formula is C13H23N3O3S. The van der Waals surface area contributed by atoms with Crippen LogP contribution in [-0.2, 0) is 21.3 Å². The van der Waals surface area contributed by atoms with Gasteiger partial charge in [-0.05, 0) is 25.5 Å². The summed E-state index contributed by atoms with van der Waals surface area (Å²) in [5.41, 5.74) is 1.12. The molecule has 7 heteroatoms. The van der Waals surface area contributed by atoms with Crippen molar-refractivity contribution in [3.8, 4) is 0 Å². The van der Waals surface area contributed by atoms with Crippen molar-refractivity contribution < 1.29 is 13.2 Å². The van der Waals surface area contributed by atoms with E-state index in [1.54, 1.807) is 4.31 Å². The molecule has 1 aromatic heterocycles. The van der Waals surface area contributed by atoms with E-state index in [0.29, 0.717) is 26.2 Å². The van der Waals surface area contributed by atoms with Gasteiger partial charge in [0.1, 0.15) is 0 Å². The minimum absolute atomic E-state index is 0.0404. The number of rotatable bonds is 6. The van der Waals surface area contributed by atoms with Crippen LogP contribution in [0.4, 0.5) is 0 Å². The molecular weight excluding hydrogens is 278 g/mol. The number of sulfonamides is 1. The zero-order valence-electron chi connectivity index (χ0n) is 12.0. The molecule has 1 saturated heterocycles. The first kappa shape index (κ1) is 15.5. The molecule has 2 heterocycles. The van der Waals surface area contributed by atoms with Crippen LogP contribution in [0.2, 0.25) is 0 Å². The van der Waals surface area contributed by atoms with Gasteiger partial charge in [-0.1, -0.05) is 0 Å². The van der Waals surface area contributed by atoms with Gasteiger partial charge in [-0.15, -0.1) is 0 Å². The standard InChI is InChI=1S/C13H23N3O3S/c1-11-9-16(10-12(2)19-11)20(17,18)6-5-15-8-13-3-4-14-7-13/h3-4,7,11-12,14-15H,5-6,8-10H2,1-2H3/t11-,12+. The molecule has 1 aliphatic rings. The quantitative estimate of drug-likeness (QED) is 0.752. The van der Waals surface area contributed by atoms with Crippen molar-refractivity contribution in [2.24, 2.45) is 0 Å². The molecule has 20 heavy (non-hydrogen) atoms. The lowest BCUT2D eigenvalue weighted by Gasteiger charge is -2.34. The van der Waals surface area contributed by atoms with E-state index in [4.69, 9.17) is 4.74 Å². The summed E-state index contributed by atoms with van der Waals surface area (Å²) < 4.78 is 31.6. The topological polar surface area (TPSA) is 74.4 Å². The smallest absolute Gasteiger partial charge is 0.215 e. The van der Waals surface area contributed by atoms with Crippen molar-refractivity contribution in [2.75, 3.05) is 25.4 Å². The van der Waals surface area contributed by atoms with E-state index in [1.165, 1.54) is 0 Å². The number of nitrogens with zero attached hydrogens (tertiary/aromatic N) is 1. The van der Waals surface area contributed by atoms with Gasteiger partial charge in [-0.2, -0.15) is 4.31 Å². The molecule has 0 bridgehead atoms. The molecule has 2 rings (SSSR count). The maximum absolute atomic E-state index is 12.3. The molecule has 6 nitrogen and oxygen atoms in total. The van der Waals surface area contributed by atoms with Crippen LogP contribution in [0.3, 0.4) is 0 Å². The molecule has 1 aliphatic heterocycles. The Morgan fingerprint density at radius 2 is 2.10 bits per heavy atom. The third-order valence-corrected chi connectivity index (χ3v) is 5.11. The van der Waals surface area contributed by atoms with Gasteiger partial charge in [0.25, 0.3) is 0 Å². The van der Waals surface area contributed by atoms with Gasteiger partial charge in [0.05, 0.1) is 18.0 Å². The van der Waals surface area contributed by atoms with Crippen molar-refractivity contribution in [1.82, 2.24) is 14.6 Å². The van der Waals surface area contributed by atoms with E-state index in [0.717, 1.165) is 5.56 Å². The summed E-state index contributed by atoms with van der Waals surface area (Å²) in [5, 5.41) is 3.15. The summed E-state index contributed by atoms with van der Waals surface area (Å²) in [5.74, 6) is 0.122. The summed E-state index contributed by atoms with van der Waals surface area (Å²) >= 11 is 0. The molecule has 2 atom stereocenters. The molecule has 0 radical (unpaired) electrons. The molecule has 2 N–H and O–H groups in total. The second-order valence-electron chi connectivity index (χ2n) is 5.29. The third-order valence-electron chi connectivity index (χ3n) is 3.31. The van der Waals surface area contributed by atoms with Gasteiger partial charge in [-0.3, -0.25) is 0 Å². The largest absolute Gasteiger partial charge is 0.373 e. The number of aromatic amines is 1. The van der Waals surface area contributed by atoms with E-state index in [-0.39, 0.29) is 18.0 Å². The lowest BCUT2D eigenvalue weighted by Crippen LogP contribution is -2.49. The molecule has 1 fully saturated rings. The molecule has 0 spiro atoms. The Morgan fingerprint density at radius 1 is 1.40 bits per heavy atom. The second-order valence-corrected chi connectivity index (χ2v) is 7.37. The summed E-state index contributed by atoms with van der Waals surface area (Å²) in [6, 6.07) is 1.97. The van der Waals surface area contributed by atoms with Gasteiger partial charge < -0.3 is 15.0 Å². The van der Waals surface area contributed by atoms with Gasteiger partial charge in [-0.25, -0.2) is 8.42 Å². The first-order chi connectivity index (χ1) is 9.47. The highest BCUT2D eigenvalue weighted by Crippen LogP contribution is 2.14. The van der Waals surface area contributed by atoms with Crippen LogP contribution in [0.1, 0.15) is 19.4 Å². The Kier molecular flexibility index (Phi) is 5.20. The van der Waals surface area contributed by atoms with Gasteiger partial charge in [0.15, 0.2) is 0 Å². The first-order valence-corrected chi connectivity index (χ1v) is 8.54. The van der Waals surface area contributed by atoms with Gasteiger partial charge in [0, 0.05) is 38.6 Å². The van der Waals surface area contributed by atoms with Crippen LogP contribution in [0.5, 0.6) is 0 Å². The number of aromatic nitrogens is 1. The molecule has 0 aliphatic carbocycles. The summed E-state index contributed by atoms with van der Waals surface area (Å²) in [7, 11) is -3.21. The summed E-state index contributed by atoms with van der Waals surface area (Å²) in [6.07, 6.45) is 3.67. The lowest BCUT2D eigenvalue weighted by molar-refractivity contribution is -0.0440. The Morgan fingerprint density at radius 3 is 2.70 bits per heavy atom. The highest BCUT2D eigenvalue weighted by Gasteiger charge is 2.30. The van der Waals surface area contributed by atoms with Crippen molar-refractivity contribution in [3.05, 3.63) is 24.0 Å². The average Bonchev–Trinajstić information content (AvgIpc) is 2.86. The van der Waals surface area contributed by atoms with E-state index in [2.05, 4.69) is 10.3 Å². The minimum atomic E-state index is -3.21. The maximum atomic E-state index is 12.3. The van der Waals surface area contributed by atoms with Crippen LogP contribution in [0.25, 0.3) is 0 Å². The monoisotopic (exact) mass is 301 g/mol. The van der Waals surface area contributed by atoms with E-state index in [9.17, 15) is 8.42 Å². The predicted molar refractivity (Wildman–Crippen MR) is 77.9 cm³/mol. The third kappa shape index (κ3) is 4.31. The Labute approximate surface area is 120 Å². The normalized spacial score (nSPS) is 24.9. The van der Waals surface area contributed by atoms with Gasteiger partial charge in [0.2, 0.25) is 10.0 Å². The minimum Gasteiger partial charge on any atom is -0.373 e. The summed E-state index contributed by atoms with van der Waals surface area (Å²) in [4.78, 5) is 2.97. The fourth-order valence-electron chi connectivity index (χ4n) is 2.39. The van der Waals surface area contributed by atoms with Crippen LogP contribution in [0, 0.1) is 0 Å². The zero-order valence-corrected chi connectivity index (χ0v) is 12.8. The SMILES string of the molecule is C[C@@H]1CN(S(=O)(=O)CCNCc2cc[nH]c2)C[C@H](C)O1. The fraction of sp³-hybridized carbons (Fsp3) is 0.692. The molecule has 0 aromatic carbocycles. The van der Waals surface area contributed by atoms with E-state index >= 15 is 0 Å². The number of H-pyrrole nitrogens is 1. The van der Waals surface area contributed by atoms with Crippen molar-refractivity contribution >= 4 is 10.0 Å². The van der Waals surface area contributed by atoms with Gasteiger partial charge >= 0.3 is 0 Å². The van der Waals surface area contributed by atoms with Crippen molar-refractivity contribution in [2.45, 2.75) is 32.6 Å². The zero-order chi connectivity index (χ0) is 14.6. The molecule has 0 amide bonds. The number of morpholine rings is 1. The Hall–Kier alpha value is -0.890. The maximum Gasteiger partial charge on any atom is 0.215 e. The summed E-state index contributed by atoms with van der Waals surface area (Å²) in [6.45, 7) is 5.84. The van der Waals surface area contributed by atoms with Crippen molar-refractivity contribution in [3.63, 3.8) is 0 Å². The van der Waals surface area contributed by atoms with E-state index < -0.39 is 10.0 Å². The van der Waals surface area contributed by atoms with Crippen LogP contribution < -0.4 is 5.32 Å². The fourth-order valence-corrected chi connectivity index (χ4v) is 3.92. The number of ether oxygens (including phenoxy) is 1. The van der Waals surface area contributed by atoms with Crippen LogP contribution in [-0.4, -0.2) is 55.3 Å². The number of hydrogen-bond acceptors (Lipinski definition) is 4. The highest BCUT2D eigenvalue weighted by molar-refractivity contribution is 7.89. The number of hydrogen-bond donors (Lipinski definition) is 2. The lowest BCUT2D eigenvalue weighted by atomic mass is 10.3. The average molecular weight is 301 g/mol. The molecule has 114 valence electrons. The Bertz CT molecular complexity index is 491. The van der Waals surface area contributed by atoms with Crippen molar-refractivity contribution in [1.29, 1.82) is 0 Å².